The standard InChI is InChI=1S/C71H110O6/c1-4-7-10-13-16-18-20-22-24-26-28-30-31-32-33-34-35-36-37-38-39-41-42-44-46-48-50-52-55-58-61-64-70(73)76-67-68(66-75-69(72)63-60-57-54-15-12-9-6-3)77-71(74)65-62-59-56-53-51-49-47-45-43-40-29-27-25-23-21-19-17-14-11-8-5-2/h7-8,10-11,16-19,22-25,28-30,32-33,35-36,38-40,42,44-45,47,51,53,68H,4-6,9,12-15,20-21,26-27,31,34,37,41,43,46,48-50,52,54-67H2,1-3H3/b10-7-,11-8-,18-16-,19-17-,24-22-,25-23-,30-28-,33-32-,36-35-,39-38-,40-29-,44-42-,47-45-,53-51-. The lowest BCUT2D eigenvalue weighted by Crippen LogP contribution is -2.30. The molecule has 77 heavy (non-hydrogen) atoms. The van der Waals surface area contributed by atoms with Crippen molar-refractivity contribution in [2.45, 2.75) is 245 Å². The van der Waals surface area contributed by atoms with Gasteiger partial charge >= 0.3 is 17.9 Å². The van der Waals surface area contributed by atoms with Crippen LogP contribution in [-0.4, -0.2) is 37.2 Å². The molecule has 0 fully saturated rings. The van der Waals surface area contributed by atoms with Crippen LogP contribution in [0.15, 0.2) is 170 Å². The monoisotopic (exact) mass is 1060 g/mol. The van der Waals surface area contributed by atoms with E-state index in [1.165, 1.54) is 38.5 Å². The lowest BCUT2D eigenvalue weighted by molar-refractivity contribution is -0.167. The molecule has 0 bridgehead atoms. The van der Waals surface area contributed by atoms with Crippen LogP contribution in [0.4, 0.5) is 0 Å². The fraction of sp³-hybridized carbons (Fsp3) is 0.563. The number of carbonyl (C=O) groups is 3. The van der Waals surface area contributed by atoms with E-state index in [1.807, 2.05) is 0 Å². The van der Waals surface area contributed by atoms with Crippen LogP contribution < -0.4 is 0 Å². The second kappa shape index (κ2) is 63.3. The van der Waals surface area contributed by atoms with E-state index >= 15 is 0 Å². The van der Waals surface area contributed by atoms with Crippen molar-refractivity contribution < 1.29 is 28.6 Å². The average molecular weight is 1060 g/mol. The summed E-state index contributed by atoms with van der Waals surface area (Å²) >= 11 is 0. The van der Waals surface area contributed by atoms with E-state index < -0.39 is 6.10 Å². The van der Waals surface area contributed by atoms with Crippen LogP contribution >= 0.6 is 0 Å². The third kappa shape index (κ3) is 61.5. The summed E-state index contributed by atoms with van der Waals surface area (Å²) in [5.41, 5.74) is 0. The zero-order chi connectivity index (χ0) is 55.7. The highest BCUT2D eigenvalue weighted by Gasteiger charge is 2.19. The van der Waals surface area contributed by atoms with Gasteiger partial charge in [0.2, 0.25) is 0 Å². The van der Waals surface area contributed by atoms with E-state index in [1.54, 1.807) is 0 Å². The Balaban J connectivity index is 4.30. The first-order valence-corrected chi connectivity index (χ1v) is 30.6. The van der Waals surface area contributed by atoms with E-state index in [2.05, 4.69) is 191 Å². The molecule has 0 aromatic rings. The van der Waals surface area contributed by atoms with Crippen LogP contribution in [0.2, 0.25) is 0 Å². The highest BCUT2D eigenvalue weighted by Crippen LogP contribution is 2.13. The van der Waals surface area contributed by atoms with Crippen molar-refractivity contribution >= 4 is 17.9 Å². The zero-order valence-corrected chi connectivity index (χ0v) is 49.1. The van der Waals surface area contributed by atoms with Gasteiger partial charge < -0.3 is 14.2 Å². The molecule has 6 heteroatoms. The highest BCUT2D eigenvalue weighted by atomic mass is 16.6. The molecule has 0 N–H and O–H groups in total. The molecule has 0 radical (unpaired) electrons. The van der Waals surface area contributed by atoms with Gasteiger partial charge in [-0.15, -0.1) is 0 Å². The van der Waals surface area contributed by atoms with E-state index in [-0.39, 0.29) is 37.5 Å². The smallest absolute Gasteiger partial charge is 0.306 e. The number of rotatable bonds is 53. The van der Waals surface area contributed by atoms with Crippen molar-refractivity contribution in [2.75, 3.05) is 13.2 Å². The van der Waals surface area contributed by atoms with Crippen molar-refractivity contribution in [2.24, 2.45) is 0 Å². The zero-order valence-electron chi connectivity index (χ0n) is 49.1. The summed E-state index contributed by atoms with van der Waals surface area (Å²) < 4.78 is 16.7. The first kappa shape index (κ1) is 71.8. The Morgan fingerprint density at radius 2 is 0.506 bits per heavy atom. The molecule has 0 rings (SSSR count). The number of allylic oxidation sites excluding steroid dienone is 28. The number of unbranched alkanes of at least 4 members (excludes halogenated alkanes) is 14. The van der Waals surface area contributed by atoms with Crippen LogP contribution in [-0.2, 0) is 28.6 Å². The van der Waals surface area contributed by atoms with Crippen molar-refractivity contribution in [3.05, 3.63) is 170 Å². The predicted molar refractivity (Wildman–Crippen MR) is 334 cm³/mol. The molecule has 0 saturated carbocycles. The van der Waals surface area contributed by atoms with Gasteiger partial charge in [-0.3, -0.25) is 14.4 Å². The maximum Gasteiger partial charge on any atom is 0.306 e. The Kier molecular flexibility index (Phi) is 59.0. The molecule has 0 aromatic carbocycles. The lowest BCUT2D eigenvalue weighted by Gasteiger charge is -2.18. The number of ether oxygens (including phenoxy) is 3. The molecule has 0 aliphatic rings. The number of carbonyl (C=O) groups excluding carboxylic acids is 3. The normalized spacial score (nSPS) is 13.3. The summed E-state index contributed by atoms with van der Waals surface area (Å²) in [6, 6.07) is 0. The Bertz CT molecular complexity index is 1790. The Hall–Kier alpha value is -5.23. The van der Waals surface area contributed by atoms with Crippen molar-refractivity contribution in [3.8, 4) is 0 Å². The molecule has 1 atom stereocenters. The van der Waals surface area contributed by atoms with Gasteiger partial charge in [-0.25, -0.2) is 0 Å². The summed E-state index contributed by atoms with van der Waals surface area (Å²) in [7, 11) is 0. The molecular formula is C71H110O6. The number of esters is 3. The third-order valence-corrected chi connectivity index (χ3v) is 12.2. The highest BCUT2D eigenvalue weighted by molar-refractivity contribution is 5.71. The topological polar surface area (TPSA) is 78.9 Å². The van der Waals surface area contributed by atoms with Gasteiger partial charge in [0.05, 0.1) is 0 Å². The van der Waals surface area contributed by atoms with Gasteiger partial charge in [0, 0.05) is 19.3 Å². The maximum atomic E-state index is 12.8. The first-order valence-electron chi connectivity index (χ1n) is 30.6. The van der Waals surface area contributed by atoms with Crippen LogP contribution in [0.25, 0.3) is 0 Å². The Morgan fingerprint density at radius 1 is 0.273 bits per heavy atom. The molecule has 0 amide bonds. The maximum absolute atomic E-state index is 12.8. The molecule has 0 aromatic heterocycles. The van der Waals surface area contributed by atoms with Crippen molar-refractivity contribution in [1.82, 2.24) is 0 Å². The van der Waals surface area contributed by atoms with Crippen LogP contribution in [0.1, 0.15) is 239 Å². The Labute approximate surface area is 472 Å². The van der Waals surface area contributed by atoms with E-state index in [0.717, 1.165) is 154 Å². The molecule has 0 saturated heterocycles. The summed E-state index contributed by atoms with van der Waals surface area (Å²) in [5.74, 6) is -0.982. The van der Waals surface area contributed by atoms with Crippen LogP contribution in [0.3, 0.4) is 0 Å². The summed E-state index contributed by atoms with van der Waals surface area (Å²) in [4.78, 5) is 38.0. The SMILES string of the molecule is CC/C=C\C/C=C\C/C=C\C/C=C\C/C=C\C/C=C\C/C=C\C/C=C\CCCCCCCCC(=O)OCC(COC(=O)CCCCCCCCC)OC(=O)CCCC/C=C\C/C=C\C/C=C\C/C=C\C/C=C\C/C=C\CC. The third-order valence-electron chi connectivity index (χ3n) is 12.2. The van der Waals surface area contributed by atoms with E-state index in [0.29, 0.717) is 19.3 Å². The van der Waals surface area contributed by atoms with Crippen LogP contribution in [0.5, 0.6) is 0 Å². The van der Waals surface area contributed by atoms with Crippen molar-refractivity contribution in [1.29, 1.82) is 0 Å². The van der Waals surface area contributed by atoms with E-state index in [9.17, 15) is 14.4 Å². The van der Waals surface area contributed by atoms with E-state index in [4.69, 9.17) is 14.2 Å². The van der Waals surface area contributed by atoms with Gasteiger partial charge in [0.1, 0.15) is 13.2 Å². The molecule has 1 unspecified atom stereocenters. The average Bonchev–Trinajstić information content (AvgIpc) is 3.43. The second-order valence-corrected chi connectivity index (χ2v) is 19.5. The molecule has 0 aliphatic heterocycles. The molecular weight excluding hydrogens is 949 g/mol. The Morgan fingerprint density at radius 3 is 0.818 bits per heavy atom. The first-order chi connectivity index (χ1) is 38.0. The molecule has 6 nitrogen and oxygen atoms in total. The molecule has 0 heterocycles. The minimum atomic E-state index is -0.814. The lowest BCUT2D eigenvalue weighted by atomic mass is 10.1. The largest absolute Gasteiger partial charge is 0.462 e. The van der Waals surface area contributed by atoms with Gasteiger partial charge in [-0.05, 0) is 135 Å². The fourth-order valence-electron chi connectivity index (χ4n) is 7.69. The van der Waals surface area contributed by atoms with Gasteiger partial charge in [-0.1, -0.05) is 255 Å². The molecule has 0 aliphatic carbocycles. The van der Waals surface area contributed by atoms with Crippen molar-refractivity contribution in [3.63, 3.8) is 0 Å². The fourth-order valence-corrected chi connectivity index (χ4v) is 7.69. The number of hydrogen-bond donors (Lipinski definition) is 0. The summed E-state index contributed by atoms with van der Waals surface area (Å²) in [6.07, 6.45) is 93.8. The second-order valence-electron chi connectivity index (χ2n) is 19.5. The summed E-state index contributed by atoms with van der Waals surface area (Å²) in [6.45, 7) is 6.30. The minimum Gasteiger partial charge on any atom is -0.462 e. The van der Waals surface area contributed by atoms with Gasteiger partial charge in [0.25, 0.3) is 0 Å². The van der Waals surface area contributed by atoms with Gasteiger partial charge in [0.15, 0.2) is 6.10 Å². The molecule has 0 spiro atoms. The van der Waals surface area contributed by atoms with Crippen LogP contribution in [0, 0.1) is 0 Å². The minimum absolute atomic E-state index is 0.107. The summed E-state index contributed by atoms with van der Waals surface area (Å²) in [5, 5.41) is 0. The molecule has 430 valence electrons. The number of hydrogen-bond acceptors (Lipinski definition) is 6. The quantitative estimate of drug-likeness (QED) is 0.0261. The van der Waals surface area contributed by atoms with Gasteiger partial charge in [-0.2, -0.15) is 0 Å². The predicted octanol–water partition coefficient (Wildman–Crippen LogP) is 21.1.